The first-order valence-electron chi connectivity index (χ1n) is 8.43. The Labute approximate surface area is 148 Å². The van der Waals surface area contributed by atoms with Gasteiger partial charge >= 0.3 is 0 Å². The van der Waals surface area contributed by atoms with Crippen LogP contribution in [0.1, 0.15) is 46.5 Å². The van der Waals surface area contributed by atoms with E-state index in [2.05, 4.69) is 42.9 Å². The molecule has 0 aromatic carbocycles. The number of hydrogen-bond donors (Lipinski definition) is 1. The highest BCUT2D eigenvalue weighted by atomic mass is 127. The number of nitrogens with zero attached hydrogens (tertiary/aromatic N) is 3. The van der Waals surface area contributed by atoms with Crippen LogP contribution in [0.3, 0.4) is 0 Å². The van der Waals surface area contributed by atoms with Crippen LogP contribution in [0.2, 0.25) is 0 Å². The maximum atomic E-state index is 4.86. The van der Waals surface area contributed by atoms with E-state index in [0.29, 0.717) is 0 Å². The third kappa shape index (κ3) is 8.24. The zero-order valence-corrected chi connectivity index (χ0v) is 16.7. The highest BCUT2D eigenvalue weighted by molar-refractivity contribution is 14.0. The van der Waals surface area contributed by atoms with Crippen molar-refractivity contribution in [3.05, 3.63) is 0 Å². The van der Waals surface area contributed by atoms with Gasteiger partial charge in [0.15, 0.2) is 5.96 Å². The summed E-state index contributed by atoms with van der Waals surface area (Å²) in [6.45, 7) is 13.3. The van der Waals surface area contributed by atoms with E-state index in [0.717, 1.165) is 31.5 Å². The Morgan fingerprint density at radius 2 is 2.10 bits per heavy atom. The molecule has 1 N–H and O–H groups in total. The van der Waals surface area contributed by atoms with Gasteiger partial charge in [-0.1, -0.05) is 20.3 Å². The van der Waals surface area contributed by atoms with E-state index in [1.54, 1.807) is 0 Å². The topological polar surface area (TPSA) is 30.9 Å². The lowest BCUT2D eigenvalue weighted by Gasteiger charge is -2.31. The average Bonchev–Trinajstić information content (AvgIpc) is 2.49. The third-order valence-electron chi connectivity index (χ3n) is 4.09. The maximum Gasteiger partial charge on any atom is 0.193 e. The van der Waals surface area contributed by atoms with Crippen LogP contribution < -0.4 is 5.32 Å². The van der Waals surface area contributed by atoms with Crippen LogP contribution in [0, 0.1) is 5.92 Å². The smallest absolute Gasteiger partial charge is 0.193 e. The number of unbranched alkanes of at least 4 members (excludes halogenated alkanes) is 1. The number of guanidine groups is 1. The molecule has 1 atom stereocenters. The molecular weight excluding hydrogens is 375 g/mol. The average molecular weight is 410 g/mol. The van der Waals surface area contributed by atoms with Crippen LogP contribution >= 0.6 is 24.0 Å². The number of halogens is 1. The fourth-order valence-electron chi connectivity index (χ4n) is 2.77. The van der Waals surface area contributed by atoms with Crippen molar-refractivity contribution in [2.75, 3.05) is 46.3 Å². The zero-order chi connectivity index (χ0) is 14.8. The van der Waals surface area contributed by atoms with Gasteiger partial charge in [0.25, 0.3) is 0 Å². The monoisotopic (exact) mass is 410 g/mol. The van der Waals surface area contributed by atoms with E-state index in [1.807, 2.05) is 0 Å². The lowest BCUT2D eigenvalue weighted by atomic mass is 9.98. The molecule has 0 aromatic heterocycles. The zero-order valence-electron chi connectivity index (χ0n) is 14.4. The molecule has 1 heterocycles. The van der Waals surface area contributed by atoms with E-state index in [1.165, 1.54) is 45.3 Å². The van der Waals surface area contributed by atoms with Gasteiger partial charge in [-0.3, -0.25) is 4.99 Å². The van der Waals surface area contributed by atoms with Gasteiger partial charge < -0.3 is 15.1 Å². The van der Waals surface area contributed by atoms with Crippen LogP contribution in [-0.4, -0.2) is 62.1 Å². The standard InChI is InChI=1S/C16H34N4.HI/c1-5-8-11-19(4)16(17-6-2)18-13-15-10-9-12-20(7-3)14-15;/h15H,5-14H2,1-4H3,(H,17,18);1H. The number of aliphatic imine (C=N–C) groups is 1. The fourth-order valence-corrected chi connectivity index (χ4v) is 2.77. The summed E-state index contributed by atoms with van der Waals surface area (Å²) in [5, 5.41) is 3.42. The highest BCUT2D eigenvalue weighted by Gasteiger charge is 2.18. The van der Waals surface area contributed by atoms with E-state index >= 15 is 0 Å². The summed E-state index contributed by atoms with van der Waals surface area (Å²) < 4.78 is 0. The van der Waals surface area contributed by atoms with Crippen LogP contribution in [0.4, 0.5) is 0 Å². The Morgan fingerprint density at radius 1 is 1.33 bits per heavy atom. The summed E-state index contributed by atoms with van der Waals surface area (Å²) in [5.41, 5.74) is 0. The lowest BCUT2D eigenvalue weighted by Crippen LogP contribution is -2.41. The Balaban J connectivity index is 0.00000400. The van der Waals surface area contributed by atoms with Crippen molar-refractivity contribution in [1.29, 1.82) is 0 Å². The second kappa shape index (κ2) is 12.5. The number of likely N-dealkylation sites (tertiary alicyclic amines) is 1. The minimum atomic E-state index is 0. The van der Waals surface area contributed by atoms with Gasteiger partial charge in [0, 0.05) is 33.2 Å². The SMILES string of the molecule is CCCCN(C)C(=NCC1CCCN(CC)C1)NCC.I. The van der Waals surface area contributed by atoms with E-state index in [-0.39, 0.29) is 24.0 Å². The van der Waals surface area contributed by atoms with Gasteiger partial charge in [0.1, 0.15) is 0 Å². The molecule has 0 spiro atoms. The molecule has 0 aromatic rings. The molecule has 0 aliphatic carbocycles. The van der Waals surface area contributed by atoms with Crippen molar-refractivity contribution >= 4 is 29.9 Å². The van der Waals surface area contributed by atoms with E-state index in [9.17, 15) is 0 Å². The quantitative estimate of drug-likeness (QED) is 0.398. The summed E-state index contributed by atoms with van der Waals surface area (Å²) >= 11 is 0. The number of hydrogen-bond acceptors (Lipinski definition) is 2. The third-order valence-corrected chi connectivity index (χ3v) is 4.09. The maximum absolute atomic E-state index is 4.86. The lowest BCUT2D eigenvalue weighted by molar-refractivity contribution is 0.186. The first-order chi connectivity index (χ1) is 9.71. The van der Waals surface area contributed by atoms with Gasteiger partial charge in [0.2, 0.25) is 0 Å². The molecule has 21 heavy (non-hydrogen) atoms. The van der Waals surface area contributed by atoms with Crippen molar-refractivity contribution < 1.29 is 0 Å². The van der Waals surface area contributed by atoms with Crippen molar-refractivity contribution in [1.82, 2.24) is 15.1 Å². The van der Waals surface area contributed by atoms with Crippen LogP contribution in [0.25, 0.3) is 0 Å². The molecule has 0 amide bonds. The fraction of sp³-hybridized carbons (Fsp3) is 0.938. The first-order valence-corrected chi connectivity index (χ1v) is 8.43. The van der Waals surface area contributed by atoms with Gasteiger partial charge in [0.05, 0.1) is 0 Å². The summed E-state index contributed by atoms with van der Waals surface area (Å²) in [7, 11) is 2.15. The molecule has 1 saturated heterocycles. The molecule has 4 nitrogen and oxygen atoms in total. The Kier molecular flexibility index (Phi) is 12.5. The van der Waals surface area contributed by atoms with Crippen LogP contribution in [0.5, 0.6) is 0 Å². The van der Waals surface area contributed by atoms with Crippen molar-refractivity contribution in [2.45, 2.75) is 46.5 Å². The predicted molar refractivity (Wildman–Crippen MR) is 104 cm³/mol. The molecule has 5 heteroatoms. The Hall–Kier alpha value is -0.0400. The molecule has 0 saturated carbocycles. The van der Waals surface area contributed by atoms with Gasteiger partial charge in [-0.05, 0) is 45.2 Å². The van der Waals surface area contributed by atoms with Crippen molar-refractivity contribution in [2.24, 2.45) is 10.9 Å². The second-order valence-corrected chi connectivity index (χ2v) is 5.87. The predicted octanol–water partition coefficient (Wildman–Crippen LogP) is 3.03. The summed E-state index contributed by atoms with van der Waals surface area (Å²) in [5.74, 6) is 1.81. The van der Waals surface area contributed by atoms with Crippen LogP contribution in [-0.2, 0) is 0 Å². The normalized spacial score (nSPS) is 20.0. The molecule has 1 aliphatic rings. The van der Waals surface area contributed by atoms with Gasteiger partial charge in [-0.25, -0.2) is 0 Å². The van der Waals surface area contributed by atoms with Gasteiger partial charge in [-0.2, -0.15) is 0 Å². The molecule has 1 aliphatic heterocycles. The van der Waals surface area contributed by atoms with E-state index < -0.39 is 0 Å². The molecule has 1 unspecified atom stereocenters. The van der Waals surface area contributed by atoms with E-state index in [4.69, 9.17) is 4.99 Å². The Bertz CT molecular complexity index is 283. The molecule has 0 radical (unpaired) electrons. The van der Waals surface area contributed by atoms with Crippen molar-refractivity contribution in [3.63, 3.8) is 0 Å². The Morgan fingerprint density at radius 3 is 2.71 bits per heavy atom. The molecule has 1 rings (SSSR count). The van der Waals surface area contributed by atoms with Crippen molar-refractivity contribution in [3.8, 4) is 0 Å². The van der Waals surface area contributed by atoms with Gasteiger partial charge in [-0.15, -0.1) is 24.0 Å². The summed E-state index contributed by atoms with van der Waals surface area (Å²) in [4.78, 5) is 9.69. The number of rotatable bonds is 7. The minimum Gasteiger partial charge on any atom is -0.357 e. The number of nitrogens with one attached hydrogen (secondary N) is 1. The summed E-state index contributed by atoms with van der Waals surface area (Å²) in [6.07, 6.45) is 5.13. The largest absolute Gasteiger partial charge is 0.357 e. The molecule has 0 bridgehead atoms. The molecular formula is C16H35IN4. The first kappa shape index (κ1) is 21.0. The second-order valence-electron chi connectivity index (χ2n) is 5.87. The summed E-state index contributed by atoms with van der Waals surface area (Å²) in [6, 6.07) is 0. The molecule has 1 fully saturated rings. The highest BCUT2D eigenvalue weighted by Crippen LogP contribution is 2.16. The molecule has 126 valence electrons. The minimum absolute atomic E-state index is 0. The number of piperidine rings is 1. The van der Waals surface area contributed by atoms with Crippen LogP contribution in [0.15, 0.2) is 4.99 Å².